The van der Waals surface area contributed by atoms with Gasteiger partial charge in [-0.05, 0) is 42.1 Å². The Morgan fingerprint density at radius 3 is 2.48 bits per heavy atom. The van der Waals surface area contributed by atoms with Gasteiger partial charge in [0, 0.05) is 27.6 Å². The lowest BCUT2D eigenvalue weighted by Gasteiger charge is -2.00. The Hall–Kier alpha value is -2.09. The molecular weight excluding hydrogens is 361 g/mol. The third-order valence-electron chi connectivity index (χ3n) is 2.82. The average molecular weight is 368 g/mol. The van der Waals surface area contributed by atoms with Crippen LogP contribution in [0.1, 0.15) is 0 Å². The van der Waals surface area contributed by atoms with Gasteiger partial charge in [0.25, 0.3) is 10.9 Å². The van der Waals surface area contributed by atoms with Crippen LogP contribution in [0.15, 0.2) is 57.0 Å². The van der Waals surface area contributed by atoms with Crippen LogP contribution in [0.25, 0.3) is 11.5 Å². The van der Waals surface area contributed by atoms with E-state index in [2.05, 4.69) is 10.2 Å². The first-order chi connectivity index (χ1) is 11.0. The number of non-ortho nitro benzene ring substituents is 1. The second-order valence-corrected chi connectivity index (χ2v) is 6.19. The van der Waals surface area contributed by atoms with E-state index in [-0.39, 0.29) is 15.9 Å². The van der Waals surface area contributed by atoms with Crippen molar-refractivity contribution in [3.63, 3.8) is 0 Å². The minimum absolute atomic E-state index is 0.0771. The van der Waals surface area contributed by atoms with Crippen LogP contribution < -0.4 is 0 Å². The molecule has 0 aliphatic heterocycles. The summed E-state index contributed by atoms with van der Waals surface area (Å²) >= 11 is 13.0. The number of hydrogen-bond donors (Lipinski definition) is 0. The molecule has 6 nitrogen and oxygen atoms in total. The summed E-state index contributed by atoms with van der Waals surface area (Å²) in [6.45, 7) is 0. The zero-order valence-corrected chi connectivity index (χ0v) is 13.6. The zero-order valence-electron chi connectivity index (χ0n) is 11.3. The van der Waals surface area contributed by atoms with E-state index in [9.17, 15) is 10.1 Å². The highest BCUT2D eigenvalue weighted by Gasteiger charge is 2.14. The third kappa shape index (κ3) is 3.64. The molecule has 1 heterocycles. The molecule has 0 radical (unpaired) electrons. The SMILES string of the molecule is O=[N+]([O-])c1ccc(Sc2nnc(-c3ccc(Cl)cc3)o2)c(Cl)c1. The van der Waals surface area contributed by atoms with Crippen molar-refractivity contribution in [2.75, 3.05) is 0 Å². The van der Waals surface area contributed by atoms with E-state index in [0.29, 0.717) is 15.8 Å². The van der Waals surface area contributed by atoms with Gasteiger partial charge in [-0.1, -0.05) is 23.2 Å². The summed E-state index contributed by atoms with van der Waals surface area (Å²) in [5.41, 5.74) is 0.662. The Balaban J connectivity index is 1.82. The van der Waals surface area contributed by atoms with Crippen LogP contribution in [-0.2, 0) is 0 Å². The van der Waals surface area contributed by atoms with Crippen LogP contribution in [-0.4, -0.2) is 15.1 Å². The van der Waals surface area contributed by atoms with Gasteiger partial charge in [-0.2, -0.15) is 0 Å². The summed E-state index contributed by atoms with van der Waals surface area (Å²) < 4.78 is 5.55. The van der Waals surface area contributed by atoms with Gasteiger partial charge in [0.1, 0.15) is 0 Å². The van der Waals surface area contributed by atoms with Crippen LogP contribution in [0.4, 0.5) is 5.69 Å². The maximum Gasteiger partial charge on any atom is 0.281 e. The van der Waals surface area contributed by atoms with Gasteiger partial charge in [-0.3, -0.25) is 10.1 Å². The van der Waals surface area contributed by atoms with Crippen LogP contribution in [0.5, 0.6) is 0 Å². The molecule has 0 aliphatic rings. The van der Waals surface area contributed by atoms with Gasteiger partial charge in [0.05, 0.1) is 9.95 Å². The smallest absolute Gasteiger partial charge is 0.281 e. The average Bonchev–Trinajstić information content (AvgIpc) is 2.98. The molecular formula is C14H7Cl2N3O3S. The van der Waals surface area contributed by atoms with Crippen molar-refractivity contribution in [1.29, 1.82) is 0 Å². The van der Waals surface area contributed by atoms with Crippen molar-refractivity contribution in [3.8, 4) is 11.5 Å². The van der Waals surface area contributed by atoms with Crippen molar-refractivity contribution in [2.45, 2.75) is 10.1 Å². The molecule has 0 saturated carbocycles. The summed E-state index contributed by atoms with van der Waals surface area (Å²) in [7, 11) is 0. The van der Waals surface area contributed by atoms with Crippen molar-refractivity contribution in [1.82, 2.24) is 10.2 Å². The van der Waals surface area contributed by atoms with E-state index >= 15 is 0 Å². The second-order valence-electron chi connectivity index (χ2n) is 4.35. The van der Waals surface area contributed by atoms with Gasteiger partial charge >= 0.3 is 0 Å². The summed E-state index contributed by atoms with van der Waals surface area (Å²) in [6, 6.07) is 11.2. The number of halogens is 2. The number of hydrogen-bond acceptors (Lipinski definition) is 6. The molecule has 3 aromatic rings. The van der Waals surface area contributed by atoms with Crippen molar-refractivity contribution in [2.24, 2.45) is 0 Å². The molecule has 9 heteroatoms. The van der Waals surface area contributed by atoms with E-state index in [1.165, 1.54) is 18.2 Å². The van der Waals surface area contributed by atoms with Gasteiger partial charge in [-0.25, -0.2) is 0 Å². The topological polar surface area (TPSA) is 82.1 Å². The number of nitro benzene ring substituents is 1. The van der Waals surface area contributed by atoms with Crippen molar-refractivity contribution >= 4 is 40.7 Å². The summed E-state index contributed by atoms with van der Waals surface area (Å²) in [5.74, 6) is 0.349. The lowest BCUT2D eigenvalue weighted by atomic mass is 10.2. The molecule has 116 valence electrons. The van der Waals surface area contributed by atoms with E-state index in [0.717, 1.165) is 17.3 Å². The van der Waals surface area contributed by atoms with Gasteiger partial charge in [0.15, 0.2) is 0 Å². The Morgan fingerprint density at radius 2 is 1.83 bits per heavy atom. The minimum atomic E-state index is -0.508. The highest BCUT2D eigenvalue weighted by atomic mass is 35.5. The first kappa shape index (κ1) is 15.8. The summed E-state index contributed by atoms with van der Waals surface area (Å²) in [6.07, 6.45) is 0. The Labute approximate surface area is 144 Å². The summed E-state index contributed by atoms with van der Waals surface area (Å²) in [4.78, 5) is 10.8. The Bertz CT molecular complexity index is 868. The zero-order chi connectivity index (χ0) is 16.4. The normalized spacial score (nSPS) is 10.7. The highest BCUT2D eigenvalue weighted by Crippen LogP contribution is 2.35. The van der Waals surface area contributed by atoms with E-state index < -0.39 is 4.92 Å². The lowest BCUT2D eigenvalue weighted by molar-refractivity contribution is -0.384. The summed E-state index contributed by atoms with van der Waals surface area (Å²) in [5, 5.41) is 19.7. The molecule has 0 N–H and O–H groups in total. The fourth-order valence-corrected chi connectivity index (χ4v) is 2.84. The first-order valence-corrected chi connectivity index (χ1v) is 7.81. The molecule has 1 aromatic heterocycles. The quantitative estimate of drug-likeness (QED) is 0.471. The maximum absolute atomic E-state index is 10.7. The van der Waals surface area contributed by atoms with Crippen LogP contribution in [0.3, 0.4) is 0 Å². The standard InChI is InChI=1S/C14H7Cl2N3O3S/c15-9-3-1-8(2-4-9)13-17-18-14(22-13)23-12-6-5-10(19(20)21)7-11(12)16/h1-7H. The fourth-order valence-electron chi connectivity index (χ4n) is 1.74. The van der Waals surface area contributed by atoms with Crippen LogP contribution in [0, 0.1) is 10.1 Å². The molecule has 0 bridgehead atoms. The molecule has 0 amide bonds. The van der Waals surface area contributed by atoms with Crippen LogP contribution >= 0.6 is 35.0 Å². The molecule has 23 heavy (non-hydrogen) atoms. The number of aromatic nitrogens is 2. The van der Waals surface area contributed by atoms with E-state index in [1.54, 1.807) is 24.3 Å². The van der Waals surface area contributed by atoms with Gasteiger partial charge in [-0.15, -0.1) is 10.2 Å². The van der Waals surface area contributed by atoms with E-state index in [1.807, 2.05) is 0 Å². The Kier molecular flexibility index (Phi) is 4.51. The first-order valence-electron chi connectivity index (χ1n) is 6.24. The minimum Gasteiger partial charge on any atom is -0.411 e. The van der Waals surface area contributed by atoms with Gasteiger partial charge in [0.2, 0.25) is 5.89 Å². The number of nitro groups is 1. The monoisotopic (exact) mass is 367 g/mol. The largest absolute Gasteiger partial charge is 0.411 e. The predicted octanol–water partition coefficient (Wildman–Crippen LogP) is 5.10. The van der Waals surface area contributed by atoms with E-state index in [4.69, 9.17) is 27.6 Å². The molecule has 0 saturated heterocycles. The van der Waals surface area contributed by atoms with Crippen LogP contribution in [0.2, 0.25) is 10.0 Å². The third-order valence-corrected chi connectivity index (χ3v) is 4.41. The maximum atomic E-state index is 10.7. The highest BCUT2D eigenvalue weighted by molar-refractivity contribution is 7.99. The molecule has 0 spiro atoms. The molecule has 3 rings (SSSR count). The van der Waals surface area contributed by atoms with Gasteiger partial charge < -0.3 is 4.42 Å². The number of rotatable bonds is 4. The fraction of sp³-hybridized carbons (Fsp3) is 0. The molecule has 0 unspecified atom stereocenters. The lowest BCUT2D eigenvalue weighted by Crippen LogP contribution is -1.87. The molecule has 0 fully saturated rings. The van der Waals surface area contributed by atoms with Crippen molar-refractivity contribution < 1.29 is 9.34 Å². The Morgan fingerprint density at radius 1 is 1.09 bits per heavy atom. The number of nitrogens with zero attached hydrogens (tertiary/aromatic N) is 3. The molecule has 0 aliphatic carbocycles. The molecule has 0 atom stereocenters. The molecule has 2 aromatic carbocycles. The number of benzene rings is 2. The second kappa shape index (κ2) is 6.57. The predicted molar refractivity (Wildman–Crippen MR) is 87.0 cm³/mol. The van der Waals surface area contributed by atoms with Crippen molar-refractivity contribution in [3.05, 3.63) is 62.6 Å².